The summed E-state index contributed by atoms with van der Waals surface area (Å²) in [5.74, 6) is -7.74. The molecular weight excluding hydrogens is 863 g/mol. The molecule has 7 amide bonds. The topological polar surface area (TPSA) is 499 Å². The molecule has 0 fully saturated rings. The van der Waals surface area contributed by atoms with E-state index < -0.39 is 89.6 Å². The smallest absolute Gasteiger partial charge is 0.326 e. The number of hydrogen-bond donors (Lipinski definition) is 17. The Morgan fingerprint density at radius 1 is 0.438 bits per heavy atom. The van der Waals surface area contributed by atoms with Crippen LogP contribution in [-0.4, -0.2) is 150 Å². The van der Waals surface area contributed by atoms with Crippen LogP contribution < -0.4 is 83.1 Å². The van der Waals surface area contributed by atoms with Crippen molar-refractivity contribution in [3.8, 4) is 0 Å². The number of carbonyl (C=O) groups excluding carboxylic acids is 7. The van der Waals surface area contributed by atoms with Crippen molar-refractivity contribution in [3.05, 3.63) is 0 Å². The fourth-order valence-electron chi connectivity index (χ4n) is 5.41. The van der Waals surface area contributed by atoms with Crippen LogP contribution in [0.5, 0.6) is 0 Å². The van der Waals surface area contributed by atoms with E-state index in [0.717, 1.165) is 0 Å². The maximum Gasteiger partial charge on any atom is 0.326 e. The molecule has 0 aromatic rings. The van der Waals surface area contributed by atoms with Crippen molar-refractivity contribution in [3.63, 3.8) is 0 Å². The molecule has 0 bridgehead atoms. The lowest BCUT2D eigenvalue weighted by atomic mass is 10.0. The third-order valence-electron chi connectivity index (χ3n) is 8.68. The number of thiol groups is 1. The molecule has 0 rings (SSSR count). The first-order chi connectivity index (χ1) is 30.0. The predicted octanol–water partition coefficient (Wildman–Crippen LogP) is -7.33. The molecule has 0 heterocycles. The Labute approximate surface area is 376 Å². The van der Waals surface area contributed by atoms with E-state index in [4.69, 9.17) is 45.9 Å². The zero-order valence-corrected chi connectivity index (χ0v) is 37.2. The van der Waals surface area contributed by atoms with Crippen LogP contribution in [0.2, 0.25) is 0 Å². The summed E-state index contributed by atoms with van der Waals surface area (Å²) in [6, 6.07) is -9.00. The van der Waals surface area contributed by atoms with Gasteiger partial charge in [0.2, 0.25) is 41.4 Å². The minimum Gasteiger partial charge on any atom is -0.480 e. The number of aliphatic carboxylic acids is 1. The highest BCUT2D eigenvalue weighted by Gasteiger charge is 2.32. The van der Waals surface area contributed by atoms with Crippen LogP contribution in [0.4, 0.5) is 0 Å². The van der Waals surface area contributed by atoms with Gasteiger partial charge in [0.25, 0.3) is 0 Å². The number of nitrogens with one attached hydrogen (secondary N) is 7. The monoisotopic (exact) mass is 930 g/mol. The van der Waals surface area contributed by atoms with Gasteiger partial charge in [-0.05, 0) is 65.2 Å². The molecule has 0 unspecified atom stereocenters. The van der Waals surface area contributed by atoms with Crippen LogP contribution in [0, 0.1) is 0 Å². The first-order valence-corrected chi connectivity index (χ1v) is 20.8. The van der Waals surface area contributed by atoms with E-state index in [1.54, 1.807) is 0 Å². The molecule has 362 valence electrons. The van der Waals surface area contributed by atoms with Gasteiger partial charge in [-0.2, -0.15) is 12.6 Å². The Morgan fingerprint density at radius 2 is 0.703 bits per heavy atom. The standard InChI is InChI=1S/C35H67N19O9S/c1-17(49-30(61)24(16-64)50-19(3)55)25(56)51-21(9-5-13-45-33(38)39)28(59)53-22(10-6-14-46-34(40)41)29(60)52-20(8-4-12-44-32(36)37)27(58)48-18(2)26(57)54-23(31(62)63)11-7-15-47-35(42)43/h17-18,20-24,64H,4-16H2,1-3H3,(H,48,58)(H,49,61)(H,50,55)(H,51,56)(H,52,60)(H,53,59)(H,54,57)(H,62,63)(H4,36,37,44)(H4,38,39,45)(H4,40,41,46)(H4,42,43,47)/t17-,18-,20-,21-,22-,23-,24-/m1/s1. The molecule has 28 nitrogen and oxygen atoms in total. The molecule has 29 heteroatoms. The van der Waals surface area contributed by atoms with Gasteiger partial charge in [-0.1, -0.05) is 0 Å². The zero-order valence-electron chi connectivity index (χ0n) is 36.3. The Bertz CT molecular complexity index is 1700. The lowest BCUT2D eigenvalue weighted by molar-refractivity contribution is -0.142. The molecule has 0 aromatic carbocycles. The third-order valence-corrected chi connectivity index (χ3v) is 9.04. The van der Waals surface area contributed by atoms with E-state index in [1.807, 2.05) is 0 Å². The van der Waals surface area contributed by atoms with Crippen LogP contribution in [-0.2, 0) is 38.4 Å². The van der Waals surface area contributed by atoms with Gasteiger partial charge in [0.1, 0.15) is 42.3 Å². The lowest BCUT2D eigenvalue weighted by Gasteiger charge is -2.27. The number of carbonyl (C=O) groups is 8. The second-order valence-corrected chi connectivity index (χ2v) is 14.6. The number of hydrogen-bond acceptors (Lipinski definition) is 13. The number of amides is 7. The highest BCUT2D eigenvalue weighted by atomic mass is 32.1. The number of nitrogens with zero attached hydrogens (tertiary/aromatic N) is 4. The largest absolute Gasteiger partial charge is 0.480 e. The summed E-state index contributed by atoms with van der Waals surface area (Å²) in [7, 11) is 0. The lowest BCUT2D eigenvalue weighted by Crippen LogP contribution is -2.59. The summed E-state index contributed by atoms with van der Waals surface area (Å²) in [5.41, 5.74) is 43.2. The van der Waals surface area contributed by atoms with E-state index in [0.29, 0.717) is 0 Å². The molecule has 0 saturated heterocycles. The number of carboxylic acid groups (broad SMARTS) is 1. The van der Waals surface area contributed by atoms with E-state index in [-0.39, 0.29) is 107 Å². The van der Waals surface area contributed by atoms with Crippen LogP contribution in [0.15, 0.2) is 20.0 Å². The number of carboxylic acids is 1. The maximum absolute atomic E-state index is 14.0. The summed E-state index contributed by atoms with van der Waals surface area (Å²) in [4.78, 5) is 119. The molecule has 0 aromatic heterocycles. The molecule has 0 spiro atoms. The Kier molecular flexibility index (Phi) is 27.8. The van der Waals surface area contributed by atoms with Gasteiger partial charge >= 0.3 is 5.97 Å². The highest BCUT2D eigenvalue weighted by Crippen LogP contribution is 2.08. The second kappa shape index (κ2) is 31.1. The molecule has 0 aliphatic rings. The minimum atomic E-state index is -1.38. The number of guanidine groups is 4. The average molecular weight is 930 g/mol. The van der Waals surface area contributed by atoms with Crippen molar-refractivity contribution in [1.29, 1.82) is 0 Å². The van der Waals surface area contributed by atoms with Crippen LogP contribution >= 0.6 is 12.6 Å². The van der Waals surface area contributed by atoms with Crippen LogP contribution in [0.1, 0.15) is 72.1 Å². The zero-order chi connectivity index (χ0) is 48.9. The van der Waals surface area contributed by atoms with Gasteiger partial charge < -0.3 is 88.2 Å². The number of rotatable bonds is 31. The van der Waals surface area contributed by atoms with Crippen molar-refractivity contribution in [2.45, 2.75) is 114 Å². The van der Waals surface area contributed by atoms with E-state index in [2.05, 4.69) is 69.8 Å². The summed E-state index contributed by atoms with van der Waals surface area (Å²) in [6.07, 6.45) is 0.391. The van der Waals surface area contributed by atoms with Crippen LogP contribution in [0.3, 0.4) is 0 Å². The van der Waals surface area contributed by atoms with Gasteiger partial charge in [0.15, 0.2) is 23.8 Å². The van der Waals surface area contributed by atoms with Crippen LogP contribution in [0.25, 0.3) is 0 Å². The Balaban J connectivity index is 6.49. The Morgan fingerprint density at radius 3 is 0.984 bits per heavy atom. The molecule has 0 radical (unpaired) electrons. The van der Waals surface area contributed by atoms with Gasteiger partial charge in [-0.15, -0.1) is 0 Å². The van der Waals surface area contributed by atoms with Gasteiger partial charge in [0, 0.05) is 38.9 Å². The number of nitrogens with two attached hydrogens (primary N) is 8. The van der Waals surface area contributed by atoms with Crippen molar-refractivity contribution in [2.75, 3.05) is 31.9 Å². The van der Waals surface area contributed by atoms with Gasteiger partial charge in [-0.25, -0.2) is 4.79 Å². The molecule has 24 N–H and O–H groups in total. The first kappa shape index (κ1) is 57.2. The van der Waals surface area contributed by atoms with E-state index >= 15 is 0 Å². The third kappa shape index (κ3) is 25.8. The van der Waals surface area contributed by atoms with E-state index in [9.17, 15) is 43.5 Å². The molecule has 64 heavy (non-hydrogen) atoms. The number of aliphatic imine (C=N–C) groups is 4. The first-order valence-electron chi connectivity index (χ1n) is 20.1. The fraction of sp³-hybridized carbons (Fsp3) is 0.657. The summed E-state index contributed by atoms with van der Waals surface area (Å²) in [6.45, 7) is 4.08. The molecule has 0 saturated carbocycles. The minimum absolute atomic E-state index is 0.0321. The van der Waals surface area contributed by atoms with E-state index in [1.165, 1.54) is 20.8 Å². The fourth-order valence-corrected chi connectivity index (χ4v) is 5.67. The van der Waals surface area contributed by atoms with Gasteiger partial charge in [0.05, 0.1) is 0 Å². The molecule has 7 atom stereocenters. The highest BCUT2D eigenvalue weighted by molar-refractivity contribution is 7.80. The summed E-state index contributed by atoms with van der Waals surface area (Å²) >= 11 is 4.06. The summed E-state index contributed by atoms with van der Waals surface area (Å²) < 4.78 is 0. The summed E-state index contributed by atoms with van der Waals surface area (Å²) in [5, 5.41) is 27.0. The van der Waals surface area contributed by atoms with Crippen molar-refractivity contribution in [1.82, 2.24) is 37.2 Å². The van der Waals surface area contributed by atoms with Gasteiger partial charge in [-0.3, -0.25) is 53.5 Å². The average Bonchev–Trinajstić information content (AvgIpc) is 3.20. The normalized spacial score (nSPS) is 13.8. The predicted molar refractivity (Wildman–Crippen MR) is 242 cm³/mol. The maximum atomic E-state index is 14.0. The SMILES string of the molecule is CC(=O)N[C@H](CS)C(=O)N[C@H](C)C(=O)N[C@H](CCCN=C(N)N)C(=O)N[C@H](CCCN=C(N)N)C(=O)N[C@H](CCCN=C(N)N)C(=O)N[C@H](C)C(=O)N[C@H](CCCN=C(N)N)C(=O)O. The molecular formula is C35H67N19O9S. The van der Waals surface area contributed by atoms with Crippen molar-refractivity contribution < 1.29 is 43.5 Å². The van der Waals surface area contributed by atoms with Crippen molar-refractivity contribution >= 4 is 83.8 Å². The quantitative estimate of drug-likeness (QED) is 0.0133. The molecule has 0 aliphatic carbocycles. The Hall–Kier alpha value is -6.81. The molecule has 0 aliphatic heterocycles. The van der Waals surface area contributed by atoms with Crippen molar-refractivity contribution in [2.24, 2.45) is 65.8 Å². The second-order valence-electron chi connectivity index (χ2n) is 14.3.